The fourth-order valence-electron chi connectivity index (χ4n) is 3.73. The van der Waals surface area contributed by atoms with Gasteiger partial charge in [-0.1, -0.05) is 18.2 Å². The van der Waals surface area contributed by atoms with Crippen molar-refractivity contribution in [2.45, 2.75) is 19.5 Å². The highest BCUT2D eigenvalue weighted by atomic mass is 19.1. The van der Waals surface area contributed by atoms with E-state index in [0.29, 0.717) is 45.0 Å². The molecular weight excluding hydrogens is 411 g/mol. The lowest BCUT2D eigenvalue weighted by molar-refractivity contribution is -0.132. The standard InChI is InChI=1S/C24H31FN4O3/c1-18(24(31)26-21-8-5-7-20(25)15-21)29-12-10-28(11-13-29)17-23(30)27(2)16-19-6-4-9-22(14-19)32-3/h4-9,14-15,18H,10-13,16-17H2,1-3H3,(H,26,31). The van der Waals surface area contributed by atoms with Gasteiger partial charge in [-0.2, -0.15) is 0 Å². The molecule has 1 fully saturated rings. The summed E-state index contributed by atoms with van der Waals surface area (Å²) in [5, 5.41) is 2.77. The second-order valence-electron chi connectivity index (χ2n) is 8.09. The van der Waals surface area contributed by atoms with Crippen molar-refractivity contribution < 1.29 is 18.7 Å². The molecule has 8 heteroatoms. The number of nitrogens with zero attached hydrogens (tertiary/aromatic N) is 3. The van der Waals surface area contributed by atoms with E-state index in [9.17, 15) is 14.0 Å². The predicted molar refractivity (Wildman–Crippen MR) is 122 cm³/mol. The minimum Gasteiger partial charge on any atom is -0.497 e. The molecule has 0 bridgehead atoms. The molecule has 2 aromatic carbocycles. The van der Waals surface area contributed by atoms with Gasteiger partial charge in [0, 0.05) is 45.5 Å². The molecule has 1 aliphatic heterocycles. The summed E-state index contributed by atoms with van der Waals surface area (Å²) in [6.45, 7) is 5.49. The van der Waals surface area contributed by atoms with Crippen LogP contribution in [0.2, 0.25) is 0 Å². The number of carbonyl (C=O) groups is 2. The summed E-state index contributed by atoms with van der Waals surface area (Å²) in [7, 11) is 3.43. The monoisotopic (exact) mass is 442 g/mol. The Labute approximate surface area is 188 Å². The van der Waals surface area contributed by atoms with E-state index in [0.717, 1.165) is 11.3 Å². The fourth-order valence-corrected chi connectivity index (χ4v) is 3.73. The highest BCUT2D eigenvalue weighted by Gasteiger charge is 2.27. The maximum Gasteiger partial charge on any atom is 0.241 e. The van der Waals surface area contributed by atoms with Crippen LogP contribution in [0.4, 0.5) is 10.1 Å². The van der Waals surface area contributed by atoms with Gasteiger partial charge in [-0.25, -0.2) is 4.39 Å². The first-order valence-electron chi connectivity index (χ1n) is 10.8. The summed E-state index contributed by atoms with van der Waals surface area (Å²) < 4.78 is 18.6. The number of ether oxygens (including phenoxy) is 1. The van der Waals surface area contributed by atoms with Gasteiger partial charge in [0.2, 0.25) is 11.8 Å². The molecule has 7 nitrogen and oxygen atoms in total. The first kappa shape index (κ1) is 23.7. The molecule has 2 amide bonds. The molecule has 0 aromatic heterocycles. The maximum atomic E-state index is 13.3. The number of nitrogens with one attached hydrogen (secondary N) is 1. The van der Waals surface area contributed by atoms with Crippen molar-refractivity contribution in [2.24, 2.45) is 0 Å². The first-order valence-corrected chi connectivity index (χ1v) is 10.8. The number of amides is 2. The number of carbonyl (C=O) groups excluding carboxylic acids is 2. The first-order chi connectivity index (χ1) is 15.4. The van der Waals surface area contributed by atoms with E-state index >= 15 is 0 Å². The van der Waals surface area contributed by atoms with Gasteiger partial charge >= 0.3 is 0 Å². The number of hydrogen-bond donors (Lipinski definition) is 1. The quantitative estimate of drug-likeness (QED) is 0.680. The van der Waals surface area contributed by atoms with E-state index in [2.05, 4.69) is 15.1 Å². The predicted octanol–water partition coefficient (Wildman–Crippen LogP) is 2.44. The van der Waals surface area contributed by atoms with Gasteiger partial charge in [-0.3, -0.25) is 19.4 Å². The number of hydrogen-bond acceptors (Lipinski definition) is 5. The molecule has 0 spiro atoms. The molecule has 1 aliphatic rings. The number of halogens is 1. The summed E-state index contributed by atoms with van der Waals surface area (Å²) in [6, 6.07) is 13.2. The second-order valence-corrected chi connectivity index (χ2v) is 8.09. The number of methoxy groups -OCH3 is 1. The van der Waals surface area contributed by atoms with Crippen LogP contribution in [0.1, 0.15) is 12.5 Å². The van der Waals surface area contributed by atoms with E-state index in [4.69, 9.17) is 4.74 Å². The van der Waals surface area contributed by atoms with Crippen molar-refractivity contribution in [1.82, 2.24) is 14.7 Å². The van der Waals surface area contributed by atoms with E-state index in [-0.39, 0.29) is 23.7 Å². The topological polar surface area (TPSA) is 65.1 Å². The summed E-state index contributed by atoms with van der Waals surface area (Å²) in [4.78, 5) is 31.1. The molecule has 0 aliphatic carbocycles. The Kier molecular flexibility index (Phi) is 8.19. The maximum absolute atomic E-state index is 13.3. The third-order valence-electron chi connectivity index (χ3n) is 5.76. The third-order valence-corrected chi connectivity index (χ3v) is 5.76. The highest BCUT2D eigenvalue weighted by Crippen LogP contribution is 2.15. The summed E-state index contributed by atoms with van der Waals surface area (Å²) >= 11 is 0. The van der Waals surface area contributed by atoms with Crippen LogP contribution in [0.5, 0.6) is 5.75 Å². The van der Waals surface area contributed by atoms with Gasteiger partial charge in [0.1, 0.15) is 11.6 Å². The van der Waals surface area contributed by atoms with Crippen LogP contribution in [0.15, 0.2) is 48.5 Å². The molecule has 1 heterocycles. The largest absolute Gasteiger partial charge is 0.497 e. The van der Waals surface area contributed by atoms with E-state index < -0.39 is 0 Å². The normalized spacial score (nSPS) is 15.8. The number of benzene rings is 2. The van der Waals surface area contributed by atoms with Gasteiger partial charge in [0.15, 0.2) is 0 Å². The average Bonchev–Trinajstić information content (AvgIpc) is 2.79. The zero-order chi connectivity index (χ0) is 23.1. The zero-order valence-corrected chi connectivity index (χ0v) is 18.9. The molecule has 1 saturated heterocycles. The van der Waals surface area contributed by atoms with Crippen molar-refractivity contribution >= 4 is 17.5 Å². The van der Waals surface area contributed by atoms with Crippen LogP contribution in [-0.2, 0) is 16.1 Å². The Balaban J connectivity index is 1.44. The average molecular weight is 443 g/mol. The Morgan fingerprint density at radius 3 is 2.53 bits per heavy atom. The second kappa shape index (κ2) is 11.1. The molecule has 32 heavy (non-hydrogen) atoms. The minimum atomic E-state index is -0.384. The van der Waals surface area contributed by atoms with E-state index in [1.165, 1.54) is 12.1 Å². The van der Waals surface area contributed by atoms with Crippen LogP contribution in [0, 0.1) is 5.82 Å². The van der Waals surface area contributed by atoms with E-state index in [1.807, 2.05) is 31.2 Å². The molecule has 0 saturated carbocycles. The summed E-state index contributed by atoms with van der Waals surface area (Å²) in [5.74, 6) is 0.274. The molecular formula is C24H31FN4O3. The van der Waals surface area contributed by atoms with E-state index in [1.54, 1.807) is 31.2 Å². The summed E-state index contributed by atoms with van der Waals surface area (Å²) in [5.41, 5.74) is 1.47. The SMILES string of the molecule is COc1cccc(CN(C)C(=O)CN2CCN(C(C)C(=O)Nc3cccc(F)c3)CC2)c1. The van der Waals surface area contributed by atoms with Crippen LogP contribution >= 0.6 is 0 Å². The molecule has 0 radical (unpaired) electrons. The molecule has 3 rings (SSSR count). The van der Waals surface area contributed by atoms with Crippen LogP contribution in [-0.4, -0.2) is 79.4 Å². The van der Waals surface area contributed by atoms with Crippen LogP contribution in [0.3, 0.4) is 0 Å². The lowest BCUT2D eigenvalue weighted by Gasteiger charge is -2.37. The number of piperazine rings is 1. The minimum absolute atomic E-state index is 0.0539. The third kappa shape index (κ3) is 6.51. The zero-order valence-electron chi connectivity index (χ0n) is 18.9. The molecule has 172 valence electrons. The summed E-state index contributed by atoms with van der Waals surface area (Å²) in [6.07, 6.45) is 0. The van der Waals surface area contributed by atoms with Gasteiger partial charge in [-0.05, 0) is 42.8 Å². The van der Waals surface area contributed by atoms with Crippen molar-refractivity contribution in [3.8, 4) is 5.75 Å². The highest BCUT2D eigenvalue weighted by molar-refractivity contribution is 5.94. The lowest BCUT2D eigenvalue weighted by Crippen LogP contribution is -2.54. The molecule has 1 N–H and O–H groups in total. The van der Waals surface area contributed by atoms with Gasteiger partial charge in [0.25, 0.3) is 0 Å². The number of anilines is 1. The Morgan fingerprint density at radius 1 is 1.12 bits per heavy atom. The molecule has 2 aromatic rings. The smallest absolute Gasteiger partial charge is 0.241 e. The van der Waals surface area contributed by atoms with Crippen LogP contribution < -0.4 is 10.1 Å². The van der Waals surface area contributed by atoms with Crippen molar-refractivity contribution in [3.63, 3.8) is 0 Å². The number of likely N-dealkylation sites (N-methyl/N-ethyl adjacent to an activating group) is 1. The van der Waals surface area contributed by atoms with Crippen LogP contribution in [0.25, 0.3) is 0 Å². The molecule has 1 unspecified atom stereocenters. The Bertz CT molecular complexity index is 931. The Morgan fingerprint density at radius 2 is 1.84 bits per heavy atom. The van der Waals surface area contributed by atoms with Gasteiger partial charge in [0.05, 0.1) is 19.7 Å². The number of rotatable bonds is 8. The van der Waals surface area contributed by atoms with Gasteiger partial charge in [-0.15, -0.1) is 0 Å². The molecule has 1 atom stereocenters. The van der Waals surface area contributed by atoms with Gasteiger partial charge < -0.3 is 15.0 Å². The lowest BCUT2D eigenvalue weighted by atomic mass is 10.2. The van der Waals surface area contributed by atoms with Crippen molar-refractivity contribution in [3.05, 3.63) is 59.9 Å². The fraction of sp³-hybridized carbons (Fsp3) is 0.417. The Hall–Kier alpha value is -2.97. The van der Waals surface area contributed by atoms with Crippen molar-refractivity contribution in [1.29, 1.82) is 0 Å². The van der Waals surface area contributed by atoms with Crippen molar-refractivity contribution in [2.75, 3.05) is 52.2 Å².